The number of aryl methyl sites for hydroxylation is 2. The van der Waals surface area contributed by atoms with Crippen LogP contribution in [0.15, 0.2) is 30.5 Å². The molecule has 2 rings (SSSR count). The number of hydrogen-bond donors (Lipinski definition) is 1. The van der Waals surface area contributed by atoms with Gasteiger partial charge in [-0.2, -0.15) is 0 Å². The van der Waals surface area contributed by atoms with Gasteiger partial charge in [0.15, 0.2) is 0 Å². The van der Waals surface area contributed by atoms with Crippen molar-refractivity contribution in [1.29, 1.82) is 0 Å². The first-order valence-electron chi connectivity index (χ1n) is 6.46. The van der Waals surface area contributed by atoms with Crippen LogP contribution >= 0.6 is 0 Å². The smallest absolute Gasteiger partial charge is 0.312 e. The standard InChI is InChI=1S/C15H16N2O4/c1-9-6-10(2)15(13(7-9)17(19)20)21-14-8-12(11(3)18)4-5-16-14/h4-8,11,18H,1-3H3/t11-/m1/s1. The van der Waals surface area contributed by atoms with Crippen molar-refractivity contribution in [3.05, 3.63) is 57.3 Å². The van der Waals surface area contributed by atoms with Crippen LogP contribution in [-0.4, -0.2) is 15.0 Å². The SMILES string of the molecule is Cc1cc(C)c(Oc2cc([C@@H](C)O)ccn2)c([N+](=O)[O-])c1. The second-order valence-electron chi connectivity index (χ2n) is 4.89. The van der Waals surface area contributed by atoms with Crippen molar-refractivity contribution in [2.45, 2.75) is 26.9 Å². The normalized spacial score (nSPS) is 12.0. The summed E-state index contributed by atoms with van der Waals surface area (Å²) in [6.07, 6.45) is 0.830. The second-order valence-corrected chi connectivity index (χ2v) is 4.89. The van der Waals surface area contributed by atoms with Crippen molar-refractivity contribution >= 4 is 5.69 Å². The number of aromatic nitrogens is 1. The van der Waals surface area contributed by atoms with Crippen molar-refractivity contribution < 1.29 is 14.8 Å². The van der Waals surface area contributed by atoms with E-state index in [0.29, 0.717) is 11.1 Å². The second kappa shape index (κ2) is 5.88. The number of benzene rings is 1. The Labute approximate surface area is 122 Å². The molecule has 0 fully saturated rings. The number of nitrogens with zero attached hydrogens (tertiary/aromatic N) is 2. The molecule has 2 aromatic rings. The van der Waals surface area contributed by atoms with E-state index < -0.39 is 11.0 Å². The summed E-state index contributed by atoms with van der Waals surface area (Å²) in [4.78, 5) is 14.7. The van der Waals surface area contributed by atoms with Crippen LogP contribution in [-0.2, 0) is 0 Å². The lowest BCUT2D eigenvalue weighted by atomic mass is 10.1. The van der Waals surface area contributed by atoms with Gasteiger partial charge >= 0.3 is 5.69 Å². The molecule has 0 amide bonds. The third-order valence-corrected chi connectivity index (χ3v) is 3.04. The molecule has 1 aromatic carbocycles. The molecule has 110 valence electrons. The summed E-state index contributed by atoms with van der Waals surface area (Å²) < 4.78 is 5.58. The first kappa shape index (κ1) is 14.9. The van der Waals surface area contributed by atoms with Crippen LogP contribution in [0.4, 0.5) is 5.69 Å². The molecule has 0 radical (unpaired) electrons. The number of aliphatic hydroxyl groups is 1. The summed E-state index contributed by atoms with van der Waals surface area (Å²) in [5, 5.41) is 20.7. The van der Waals surface area contributed by atoms with E-state index in [1.54, 1.807) is 39.0 Å². The van der Waals surface area contributed by atoms with Crippen LogP contribution < -0.4 is 4.74 Å². The molecule has 6 nitrogen and oxygen atoms in total. The highest BCUT2D eigenvalue weighted by Gasteiger charge is 2.20. The average molecular weight is 288 g/mol. The van der Waals surface area contributed by atoms with Gasteiger partial charge in [0, 0.05) is 18.3 Å². The molecular formula is C15H16N2O4. The molecule has 0 aliphatic rings. The maximum Gasteiger partial charge on any atom is 0.312 e. The Morgan fingerprint density at radius 3 is 2.67 bits per heavy atom. The molecule has 0 aliphatic carbocycles. The Hall–Kier alpha value is -2.47. The quantitative estimate of drug-likeness (QED) is 0.688. The maximum absolute atomic E-state index is 11.2. The molecule has 0 saturated carbocycles. The molecule has 0 saturated heterocycles. The Bertz CT molecular complexity index is 683. The van der Waals surface area contributed by atoms with E-state index in [2.05, 4.69) is 4.98 Å². The lowest BCUT2D eigenvalue weighted by molar-refractivity contribution is -0.385. The number of nitro groups is 1. The fraction of sp³-hybridized carbons (Fsp3) is 0.267. The van der Waals surface area contributed by atoms with Gasteiger partial charge in [-0.05, 0) is 43.5 Å². The monoisotopic (exact) mass is 288 g/mol. The fourth-order valence-corrected chi connectivity index (χ4v) is 2.05. The van der Waals surface area contributed by atoms with Crippen LogP contribution in [0.2, 0.25) is 0 Å². The van der Waals surface area contributed by atoms with E-state index in [0.717, 1.165) is 5.56 Å². The summed E-state index contributed by atoms with van der Waals surface area (Å²) in [5.74, 6) is 0.379. The summed E-state index contributed by atoms with van der Waals surface area (Å²) in [5.41, 5.74) is 1.98. The maximum atomic E-state index is 11.2. The first-order valence-corrected chi connectivity index (χ1v) is 6.46. The predicted molar refractivity (Wildman–Crippen MR) is 77.5 cm³/mol. The van der Waals surface area contributed by atoms with E-state index in [1.165, 1.54) is 12.3 Å². The van der Waals surface area contributed by atoms with Crippen LogP contribution in [0.3, 0.4) is 0 Å². The molecule has 0 spiro atoms. The van der Waals surface area contributed by atoms with Crippen molar-refractivity contribution in [3.63, 3.8) is 0 Å². The molecule has 0 unspecified atom stereocenters. The summed E-state index contributed by atoms with van der Waals surface area (Å²) in [6.45, 7) is 5.16. The highest BCUT2D eigenvalue weighted by Crippen LogP contribution is 2.35. The van der Waals surface area contributed by atoms with Crippen molar-refractivity contribution in [2.24, 2.45) is 0 Å². The van der Waals surface area contributed by atoms with Gasteiger partial charge < -0.3 is 9.84 Å². The van der Waals surface area contributed by atoms with Crippen LogP contribution in [0.25, 0.3) is 0 Å². The van der Waals surface area contributed by atoms with Crippen molar-refractivity contribution in [2.75, 3.05) is 0 Å². The van der Waals surface area contributed by atoms with E-state index >= 15 is 0 Å². The number of hydrogen-bond acceptors (Lipinski definition) is 5. The van der Waals surface area contributed by atoms with Gasteiger partial charge in [-0.1, -0.05) is 6.07 Å². The zero-order valence-corrected chi connectivity index (χ0v) is 12.0. The molecular weight excluding hydrogens is 272 g/mol. The van der Waals surface area contributed by atoms with Crippen molar-refractivity contribution in [1.82, 2.24) is 4.98 Å². The van der Waals surface area contributed by atoms with Gasteiger partial charge in [0.1, 0.15) is 0 Å². The van der Waals surface area contributed by atoms with Gasteiger partial charge in [-0.25, -0.2) is 4.98 Å². The van der Waals surface area contributed by atoms with Gasteiger partial charge in [0.05, 0.1) is 11.0 Å². The Morgan fingerprint density at radius 1 is 1.33 bits per heavy atom. The third kappa shape index (κ3) is 3.35. The molecule has 1 N–H and O–H groups in total. The van der Waals surface area contributed by atoms with Crippen LogP contribution in [0.5, 0.6) is 11.6 Å². The van der Waals surface area contributed by atoms with E-state index in [4.69, 9.17) is 4.74 Å². The minimum atomic E-state index is -0.663. The highest BCUT2D eigenvalue weighted by atomic mass is 16.6. The molecule has 1 heterocycles. The Kier molecular flexibility index (Phi) is 4.18. The lowest BCUT2D eigenvalue weighted by Crippen LogP contribution is -1.99. The number of pyridine rings is 1. The minimum Gasteiger partial charge on any atom is -0.432 e. The van der Waals surface area contributed by atoms with Crippen molar-refractivity contribution in [3.8, 4) is 11.6 Å². The van der Waals surface area contributed by atoms with E-state index in [9.17, 15) is 15.2 Å². The van der Waals surface area contributed by atoms with Crippen LogP contribution in [0.1, 0.15) is 29.7 Å². The summed E-state index contributed by atoms with van der Waals surface area (Å²) in [6, 6.07) is 6.49. The zero-order valence-electron chi connectivity index (χ0n) is 12.0. The Balaban J connectivity index is 2.44. The summed E-state index contributed by atoms with van der Waals surface area (Å²) >= 11 is 0. The zero-order chi connectivity index (χ0) is 15.6. The van der Waals surface area contributed by atoms with Crippen LogP contribution in [0, 0.1) is 24.0 Å². The fourth-order valence-electron chi connectivity index (χ4n) is 2.05. The molecule has 21 heavy (non-hydrogen) atoms. The number of aliphatic hydroxyl groups excluding tert-OH is 1. The predicted octanol–water partition coefficient (Wildman–Crippen LogP) is 3.45. The number of nitro benzene ring substituents is 1. The summed E-state index contributed by atoms with van der Waals surface area (Å²) in [7, 11) is 0. The molecule has 0 bridgehead atoms. The third-order valence-electron chi connectivity index (χ3n) is 3.04. The molecule has 1 aromatic heterocycles. The molecule has 6 heteroatoms. The minimum absolute atomic E-state index is 0.100. The lowest BCUT2D eigenvalue weighted by Gasteiger charge is -2.11. The van der Waals surface area contributed by atoms with Gasteiger partial charge in [-0.3, -0.25) is 10.1 Å². The van der Waals surface area contributed by atoms with E-state index in [1.807, 2.05) is 0 Å². The van der Waals surface area contributed by atoms with E-state index in [-0.39, 0.29) is 17.3 Å². The first-order chi connectivity index (χ1) is 9.88. The topological polar surface area (TPSA) is 85.5 Å². The van der Waals surface area contributed by atoms with Gasteiger partial charge in [0.2, 0.25) is 11.6 Å². The number of ether oxygens (including phenoxy) is 1. The van der Waals surface area contributed by atoms with Gasteiger partial charge in [-0.15, -0.1) is 0 Å². The molecule has 1 atom stereocenters. The molecule has 0 aliphatic heterocycles. The average Bonchev–Trinajstić information content (AvgIpc) is 2.41. The Morgan fingerprint density at radius 2 is 2.05 bits per heavy atom. The largest absolute Gasteiger partial charge is 0.432 e. The van der Waals surface area contributed by atoms with Gasteiger partial charge in [0.25, 0.3) is 0 Å². The highest BCUT2D eigenvalue weighted by molar-refractivity contribution is 5.54. The number of rotatable bonds is 4.